The number of nitrogens with zero attached hydrogens (tertiary/aromatic N) is 5. The zero-order valence-electron chi connectivity index (χ0n) is 17.6. The van der Waals surface area contributed by atoms with Gasteiger partial charge >= 0.3 is 0 Å². The van der Waals surface area contributed by atoms with Crippen molar-refractivity contribution in [2.75, 3.05) is 6.54 Å². The number of nitrogens with one attached hydrogen (secondary N) is 1. The first-order valence-electron chi connectivity index (χ1n) is 10.4. The molecule has 0 fully saturated rings. The van der Waals surface area contributed by atoms with Crippen molar-refractivity contribution >= 4 is 22.8 Å². The Balaban J connectivity index is 1.37. The van der Waals surface area contributed by atoms with E-state index < -0.39 is 0 Å². The average Bonchev–Trinajstić information content (AvgIpc) is 3.53. The number of fused-ring (bicyclic) bond motifs is 1. The van der Waals surface area contributed by atoms with Gasteiger partial charge in [0.25, 0.3) is 5.91 Å². The maximum atomic E-state index is 13.0. The van der Waals surface area contributed by atoms with Crippen LogP contribution in [0.5, 0.6) is 0 Å². The summed E-state index contributed by atoms with van der Waals surface area (Å²) in [5, 5.41) is 6.15. The smallest absolute Gasteiger partial charge is 0.253 e. The third-order valence-electron chi connectivity index (χ3n) is 5.25. The third kappa shape index (κ3) is 4.17. The second-order valence-corrected chi connectivity index (χ2v) is 8.62. The highest BCUT2D eigenvalue weighted by molar-refractivity contribution is 7.09. The molecule has 0 aliphatic rings. The minimum atomic E-state index is -0.0961. The van der Waals surface area contributed by atoms with Crippen LogP contribution >= 0.6 is 11.3 Å². The quantitative estimate of drug-likeness (QED) is 0.414. The molecule has 5 aromatic rings. The van der Waals surface area contributed by atoms with E-state index >= 15 is 0 Å². The first-order chi connectivity index (χ1) is 15.7. The van der Waals surface area contributed by atoms with Crippen LogP contribution in [0.4, 0.5) is 0 Å². The molecular weight excluding hydrogens is 420 g/mol. The van der Waals surface area contributed by atoms with Crippen molar-refractivity contribution in [3.63, 3.8) is 0 Å². The Labute approximate surface area is 189 Å². The van der Waals surface area contributed by atoms with Gasteiger partial charge in [0.05, 0.1) is 40.3 Å². The molecular formula is C24H22N6OS. The Morgan fingerprint density at radius 3 is 2.97 bits per heavy atom. The number of imidazole rings is 1. The minimum absolute atomic E-state index is 0.0961. The molecule has 0 bridgehead atoms. The highest BCUT2D eigenvalue weighted by Gasteiger charge is 2.17. The largest absolute Gasteiger partial charge is 0.352 e. The Bertz CT molecular complexity index is 1370. The number of thiazole rings is 1. The molecule has 0 radical (unpaired) electrons. The number of carbonyl (C=O) groups excluding carboxylic acids is 1. The van der Waals surface area contributed by atoms with Crippen molar-refractivity contribution in [1.29, 1.82) is 0 Å². The lowest BCUT2D eigenvalue weighted by Gasteiger charge is -2.04. The van der Waals surface area contributed by atoms with Crippen LogP contribution in [0.1, 0.15) is 26.6 Å². The molecule has 5 heterocycles. The van der Waals surface area contributed by atoms with Gasteiger partial charge < -0.3 is 14.3 Å². The number of carbonyl (C=O) groups is 1. The SMILES string of the molecule is Cc1nc(Cn2cnc(-c3cc(C(=O)NCCc4cccnc4)c4ccccn34)c2)cs1. The normalized spacial score (nSPS) is 11.2. The molecule has 0 saturated heterocycles. The molecule has 0 saturated carbocycles. The zero-order valence-corrected chi connectivity index (χ0v) is 18.4. The fraction of sp³-hybridized carbons (Fsp3) is 0.167. The Morgan fingerprint density at radius 2 is 2.16 bits per heavy atom. The van der Waals surface area contributed by atoms with Crippen LogP contribution < -0.4 is 5.32 Å². The number of rotatable bonds is 7. The molecule has 1 N–H and O–H groups in total. The first-order valence-corrected chi connectivity index (χ1v) is 11.3. The van der Waals surface area contributed by atoms with Gasteiger partial charge in [-0.2, -0.15) is 0 Å². The van der Waals surface area contributed by atoms with Gasteiger partial charge in [0, 0.05) is 36.7 Å². The molecule has 8 heteroatoms. The fourth-order valence-corrected chi connectivity index (χ4v) is 4.34. The Hall–Kier alpha value is -3.78. The van der Waals surface area contributed by atoms with E-state index in [0.717, 1.165) is 39.6 Å². The molecule has 0 aliphatic carbocycles. The summed E-state index contributed by atoms with van der Waals surface area (Å²) in [5.74, 6) is -0.0961. The van der Waals surface area contributed by atoms with Gasteiger partial charge in [0.15, 0.2) is 0 Å². The van der Waals surface area contributed by atoms with Gasteiger partial charge in [-0.05, 0) is 43.2 Å². The van der Waals surface area contributed by atoms with Gasteiger partial charge in [-0.1, -0.05) is 12.1 Å². The second kappa shape index (κ2) is 8.76. The lowest BCUT2D eigenvalue weighted by atomic mass is 10.2. The number of aryl methyl sites for hydroxylation is 1. The number of hydrogen-bond donors (Lipinski definition) is 1. The predicted octanol–water partition coefficient (Wildman–Crippen LogP) is 3.98. The molecule has 0 aromatic carbocycles. The lowest BCUT2D eigenvalue weighted by molar-refractivity contribution is 0.0956. The first kappa shape index (κ1) is 20.1. The molecule has 0 atom stereocenters. The highest BCUT2D eigenvalue weighted by atomic mass is 32.1. The summed E-state index contributed by atoms with van der Waals surface area (Å²) in [7, 11) is 0. The third-order valence-corrected chi connectivity index (χ3v) is 6.07. The number of hydrogen-bond acceptors (Lipinski definition) is 5. The van der Waals surface area contributed by atoms with E-state index in [1.807, 2.05) is 70.9 Å². The molecule has 160 valence electrons. The predicted molar refractivity (Wildman–Crippen MR) is 125 cm³/mol. The van der Waals surface area contributed by atoms with Crippen LogP contribution in [0, 0.1) is 6.92 Å². The van der Waals surface area contributed by atoms with Crippen molar-refractivity contribution in [2.24, 2.45) is 0 Å². The summed E-state index contributed by atoms with van der Waals surface area (Å²) in [6.45, 7) is 3.22. The summed E-state index contributed by atoms with van der Waals surface area (Å²) in [6, 6.07) is 11.7. The summed E-state index contributed by atoms with van der Waals surface area (Å²) >= 11 is 1.64. The van der Waals surface area contributed by atoms with Crippen LogP contribution in [0.25, 0.3) is 16.9 Å². The van der Waals surface area contributed by atoms with Crippen molar-refractivity contribution in [3.8, 4) is 11.4 Å². The van der Waals surface area contributed by atoms with Crippen LogP contribution in [-0.2, 0) is 13.0 Å². The van der Waals surface area contributed by atoms with Gasteiger partial charge in [-0.3, -0.25) is 9.78 Å². The van der Waals surface area contributed by atoms with E-state index in [0.29, 0.717) is 18.7 Å². The van der Waals surface area contributed by atoms with E-state index in [2.05, 4.69) is 25.6 Å². The monoisotopic (exact) mass is 442 g/mol. The van der Waals surface area contributed by atoms with E-state index in [1.165, 1.54) is 0 Å². The van der Waals surface area contributed by atoms with Crippen LogP contribution in [-0.4, -0.2) is 36.4 Å². The molecule has 32 heavy (non-hydrogen) atoms. The highest BCUT2D eigenvalue weighted by Crippen LogP contribution is 2.25. The van der Waals surface area contributed by atoms with Gasteiger partial charge in [0.2, 0.25) is 0 Å². The Morgan fingerprint density at radius 1 is 1.22 bits per heavy atom. The molecule has 0 spiro atoms. The van der Waals surface area contributed by atoms with Crippen LogP contribution in [0.3, 0.4) is 0 Å². The van der Waals surface area contributed by atoms with E-state index in [1.54, 1.807) is 23.9 Å². The lowest BCUT2D eigenvalue weighted by Crippen LogP contribution is -2.25. The zero-order chi connectivity index (χ0) is 21.9. The van der Waals surface area contributed by atoms with Crippen molar-refractivity contribution in [3.05, 3.63) is 94.7 Å². The van der Waals surface area contributed by atoms with Crippen molar-refractivity contribution < 1.29 is 4.79 Å². The van der Waals surface area contributed by atoms with Crippen molar-refractivity contribution in [1.82, 2.24) is 29.2 Å². The standard InChI is InChI=1S/C24H22N6OS/c1-17-28-19(15-32-17)13-29-14-21(27-16-29)23-11-20(22-6-2-3-10-30(22)23)24(31)26-9-7-18-5-4-8-25-12-18/h2-6,8,10-12,14-16H,7,9,13H2,1H3,(H,26,31). The number of pyridine rings is 2. The van der Waals surface area contributed by atoms with Gasteiger partial charge in [-0.15, -0.1) is 11.3 Å². The van der Waals surface area contributed by atoms with Crippen LogP contribution in [0.15, 0.2) is 72.9 Å². The number of aromatic nitrogens is 5. The van der Waals surface area contributed by atoms with Gasteiger partial charge in [-0.25, -0.2) is 9.97 Å². The maximum absolute atomic E-state index is 13.0. The average molecular weight is 443 g/mol. The van der Waals surface area contributed by atoms with E-state index in [-0.39, 0.29) is 5.91 Å². The molecule has 1 amide bonds. The molecule has 0 aliphatic heterocycles. The topological polar surface area (TPSA) is 77.1 Å². The van der Waals surface area contributed by atoms with Gasteiger partial charge in [0.1, 0.15) is 5.69 Å². The maximum Gasteiger partial charge on any atom is 0.253 e. The summed E-state index contributed by atoms with van der Waals surface area (Å²) in [4.78, 5) is 26.2. The van der Waals surface area contributed by atoms with Crippen molar-refractivity contribution in [2.45, 2.75) is 19.9 Å². The summed E-state index contributed by atoms with van der Waals surface area (Å²) in [5.41, 5.74) is 5.29. The molecule has 5 aromatic heterocycles. The fourth-order valence-electron chi connectivity index (χ4n) is 3.74. The van der Waals surface area contributed by atoms with E-state index in [9.17, 15) is 4.79 Å². The molecule has 7 nitrogen and oxygen atoms in total. The van der Waals surface area contributed by atoms with Crippen LogP contribution in [0.2, 0.25) is 0 Å². The molecule has 5 rings (SSSR count). The summed E-state index contributed by atoms with van der Waals surface area (Å²) in [6.07, 6.45) is 10.1. The Kier molecular flexibility index (Phi) is 5.51. The van der Waals surface area contributed by atoms with E-state index in [4.69, 9.17) is 0 Å². The summed E-state index contributed by atoms with van der Waals surface area (Å²) < 4.78 is 4.02. The molecule has 0 unspecified atom stereocenters. The number of amides is 1. The second-order valence-electron chi connectivity index (χ2n) is 7.56. The minimum Gasteiger partial charge on any atom is -0.352 e.